The smallest absolute Gasteiger partial charge is 0.192 e. The zero-order chi connectivity index (χ0) is 14.8. The zero-order valence-electron chi connectivity index (χ0n) is 12.3. The van der Waals surface area contributed by atoms with Crippen molar-refractivity contribution in [3.63, 3.8) is 0 Å². The summed E-state index contributed by atoms with van der Waals surface area (Å²) in [4.78, 5) is 4.52. The predicted octanol–water partition coefficient (Wildman–Crippen LogP) is 2.81. The standard InChI is InChI=1S/C17H19N3O.HI/c1-2-11-18-17(19-12-10-16-9-6-13-21-16)20-14-15-7-4-3-5-8-15;/h1,3-9,13H,10-12,14H2,(H2,18,19,20);1H. The van der Waals surface area contributed by atoms with Gasteiger partial charge in [-0.2, -0.15) is 0 Å². The monoisotopic (exact) mass is 409 g/mol. The van der Waals surface area contributed by atoms with Crippen molar-refractivity contribution >= 4 is 29.9 Å². The van der Waals surface area contributed by atoms with Gasteiger partial charge >= 0.3 is 0 Å². The van der Waals surface area contributed by atoms with E-state index in [4.69, 9.17) is 10.8 Å². The van der Waals surface area contributed by atoms with Crippen LogP contribution in [0.25, 0.3) is 0 Å². The molecule has 0 unspecified atom stereocenters. The summed E-state index contributed by atoms with van der Waals surface area (Å²) in [6.45, 7) is 1.79. The SMILES string of the molecule is C#CCNC(=NCc1ccccc1)NCCc1ccco1.I. The quantitative estimate of drug-likeness (QED) is 0.334. The van der Waals surface area contributed by atoms with Crippen LogP contribution >= 0.6 is 24.0 Å². The minimum atomic E-state index is 0. The number of hydrogen-bond acceptors (Lipinski definition) is 2. The fourth-order valence-corrected chi connectivity index (χ4v) is 1.82. The van der Waals surface area contributed by atoms with Gasteiger partial charge in [0.05, 0.1) is 19.4 Å². The number of rotatable bonds is 6. The lowest BCUT2D eigenvalue weighted by Crippen LogP contribution is -2.38. The molecule has 0 aliphatic heterocycles. The molecule has 0 aliphatic rings. The van der Waals surface area contributed by atoms with Gasteiger partial charge in [0.15, 0.2) is 5.96 Å². The second kappa shape index (κ2) is 10.7. The number of halogens is 1. The minimum absolute atomic E-state index is 0. The normalized spacial score (nSPS) is 10.4. The summed E-state index contributed by atoms with van der Waals surface area (Å²) in [7, 11) is 0. The molecule has 0 saturated heterocycles. The van der Waals surface area contributed by atoms with Crippen LogP contribution in [0.1, 0.15) is 11.3 Å². The number of hydrogen-bond donors (Lipinski definition) is 2. The van der Waals surface area contributed by atoms with Gasteiger partial charge < -0.3 is 15.1 Å². The Morgan fingerprint density at radius 2 is 1.95 bits per heavy atom. The lowest BCUT2D eigenvalue weighted by atomic mass is 10.2. The Kier molecular flexibility index (Phi) is 8.84. The van der Waals surface area contributed by atoms with Gasteiger partial charge in [-0.05, 0) is 17.7 Å². The number of furan rings is 1. The van der Waals surface area contributed by atoms with Gasteiger partial charge in [-0.25, -0.2) is 4.99 Å². The van der Waals surface area contributed by atoms with Crippen LogP contribution in [0.2, 0.25) is 0 Å². The first-order chi connectivity index (χ1) is 10.4. The Labute approximate surface area is 148 Å². The van der Waals surface area contributed by atoms with Gasteiger partial charge in [0.1, 0.15) is 5.76 Å². The van der Waals surface area contributed by atoms with Crippen molar-refractivity contribution < 1.29 is 4.42 Å². The van der Waals surface area contributed by atoms with Crippen molar-refractivity contribution in [1.29, 1.82) is 0 Å². The van der Waals surface area contributed by atoms with Gasteiger partial charge in [0.25, 0.3) is 0 Å². The molecule has 116 valence electrons. The van der Waals surface area contributed by atoms with Crippen molar-refractivity contribution in [3.8, 4) is 12.3 Å². The van der Waals surface area contributed by atoms with Crippen LogP contribution in [0, 0.1) is 12.3 Å². The highest BCUT2D eigenvalue weighted by atomic mass is 127. The third-order valence-electron chi connectivity index (χ3n) is 2.86. The van der Waals surface area contributed by atoms with E-state index >= 15 is 0 Å². The van der Waals surface area contributed by atoms with Crippen LogP contribution in [0.5, 0.6) is 0 Å². The second-order valence-electron chi connectivity index (χ2n) is 4.46. The summed E-state index contributed by atoms with van der Waals surface area (Å²) in [5, 5.41) is 6.34. The first kappa shape index (κ1) is 18.1. The van der Waals surface area contributed by atoms with Crippen molar-refractivity contribution in [2.45, 2.75) is 13.0 Å². The molecule has 2 aromatic rings. The minimum Gasteiger partial charge on any atom is -0.469 e. The van der Waals surface area contributed by atoms with Gasteiger partial charge in [0, 0.05) is 13.0 Å². The summed E-state index contributed by atoms with van der Waals surface area (Å²) in [5.74, 6) is 4.21. The number of guanidine groups is 1. The molecule has 1 aromatic carbocycles. The molecule has 0 aliphatic carbocycles. The van der Waals surface area contributed by atoms with E-state index < -0.39 is 0 Å². The van der Waals surface area contributed by atoms with E-state index in [1.807, 2.05) is 42.5 Å². The number of nitrogens with zero attached hydrogens (tertiary/aromatic N) is 1. The topological polar surface area (TPSA) is 49.6 Å². The molecule has 2 rings (SSSR count). The molecule has 22 heavy (non-hydrogen) atoms. The van der Waals surface area contributed by atoms with Crippen LogP contribution in [0.4, 0.5) is 0 Å². The molecule has 0 bridgehead atoms. The Bertz CT molecular complexity index is 588. The van der Waals surface area contributed by atoms with Crippen LogP contribution in [-0.4, -0.2) is 19.0 Å². The van der Waals surface area contributed by atoms with E-state index in [0.717, 1.165) is 24.3 Å². The second-order valence-corrected chi connectivity index (χ2v) is 4.46. The molecule has 0 atom stereocenters. The largest absolute Gasteiger partial charge is 0.469 e. The Morgan fingerprint density at radius 1 is 1.14 bits per heavy atom. The predicted molar refractivity (Wildman–Crippen MR) is 100 cm³/mol. The molecule has 0 fully saturated rings. The Hall–Kier alpha value is -1.94. The molecule has 0 amide bonds. The molecule has 0 radical (unpaired) electrons. The van der Waals surface area contributed by atoms with E-state index in [1.54, 1.807) is 6.26 Å². The van der Waals surface area contributed by atoms with Gasteiger partial charge in [-0.1, -0.05) is 36.3 Å². The Morgan fingerprint density at radius 3 is 2.64 bits per heavy atom. The highest BCUT2D eigenvalue weighted by molar-refractivity contribution is 14.0. The first-order valence-corrected chi connectivity index (χ1v) is 6.90. The number of nitrogens with one attached hydrogen (secondary N) is 2. The average Bonchev–Trinajstić information content (AvgIpc) is 3.04. The van der Waals surface area contributed by atoms with Gasteiger partial charge in [-0.15, -0.1) is 30.4 Å². The highest BCUT2D eigenvalue weighted by Gasteiger charge is 1.99. The zero-order valence-corrected chi connectivity index (χ0v) is 14.6. The fourth-order valence-electron chi connectivity index (χ4n) is 1.82. The van der Waals surface area contributed by atoms with Crippen molar-refractivity contribution in [2.75, 3.05) is 13.1 Å². The van der Waals surface area contributed by atoms with Crippen LogP contribution in [-0.2, 0) is 13.0 Å². The van der Waals surface area contributed by atoms with Gasteiger partial charge in [0.2, 0.25) is 0 Å². The maximum atomic E-state index is 5.29. The molecular weight excluding hydrogens is 389 g/mol. The first-order valence-electron chi connectivity index (χ1n) is 6.90. The molecule has 0 saturated carbocycles. The fraction of sp³-hybridized carbons (Fsp3) is 0.235. The van der Waals surface area contributed by atoms with Crippen LogP contribution in [0.15, 0.2) is 58.1 Å². The number of benzene rings is 1. The lowest BCUT2D eigenvalue weighted by molar-refractivity contribution is 0.507. The van der Waals surface area contributed by atoms with Crippen molar-refractivity contribution in [3.05, 3.63) is 60.1 Å². The highest BCUT2D eigenvalue weighted by Crippen LogP contribution is 2.01. The number of aliphatic imine (C=N–C) groups is 1. The molecule has 4 nitrogen and oxygen atoms in total. The Balaban J connectivity index is 0.00000242. The summed E-state index contributed by atoms with van der Waals surface area (Å²) >= 11 is 0. The maximum Gasteiger partial charge on any atom is 0.192 e. The molecule has 1 heterocycles. The van der Waals surface area contributed by atoms with E-state index in [2.05, 4.69) is 21.5 Å². The molecular formula is C17H20IN3O. The number of terminal acetylenes is 1. The third kappa shape index (κ3) is 6.68. The third-order valence-corrected chi connectivity index (χ3v) is 2.86. The summed E-state index contributed by atoms with van der Waals surface area (Å²) in [5.41, 5.74) is 1.16. The lowest BCUT2D eigenvalue weighted by Gasteiger charge is -2.10. The molecule has 5 heteroatoms. The molecule has 2 N–H and O–H groups in total. The van der Waals surface area contributed by atoms with Crippen molar-refractivity contribution in [2.24, 2.45) is 4.99 Å². The van der Waals surface area contributed by atoms with E-state index in [9.17, 15) is 0 Å². The average molecular weight is 409 g/mol. The van der Waals surface area contributed by atoms with E-state index in [0.29, 0.717) is 19.0 Å². The summed E-state index contributed by atoms with van der Waals surface area (Å²) in [6.07, 6.45) is 7.76. The maximum absolute atomic E-state index is 5.29. The van der Waals surface area contributed by atoms with Crippen LogP contribution < -0.4 is 10.6 Å². The van der Waals surface area contributed by atoms with E-state index in [1.165, 1.54) is 0 Å². The van der Waals surface area contributed by atoms with Crippen molar-refractivity contribution in [1.82, 2.24) is 10.6 Å². The van der Waals surface area contributed by atoms with E-state index in [-0.39, 0.29) is 24.0 Å². The molecule has 1 aromatic heterocycles. The van der Waals surface area contributed by atoms with Crippen LogP contribution in [0.3, 0.4) is 0 Å². The molecule has 0 spiro atoms. The van der Waals surface area contributed by atoms with Gasteiger partial charge in [-0.3, -0.25) is 0 Å². The summed E-state index contributed by atoms with van der Waals surface area (Å²) in [6, 6.07) is 13.9. The summed E-state index contributed by atoms with van der Waals surface area (Å²) < 4.78 is 5.29.